The summed E-state index contributed by atoms with van der Waals surface area (Å²) >= 11 is 0. The number of benzene rings is 2. The average molecular weight is 416 g/mol. The lowest BCUT2D eigenvalue weighted by Crippen LogP contribution is -2.39. The first-order valence-corrected chi connectivity index (χ1v) is 11.1. The first-order chi connectivity index (χ1) is 15.1. The predicted molar refractivity (Wildman–Crippen MR) is 125 cm³/mol. The van der Waals surface area contributed by atoms with E-state index in [0.717, 1.165) is 71.3 Å². The smallest absolute Gasteiger partial charge is 0.137 e. The molecule has 0 bridgehead atoms. The minimum Gasteiger partial charge on any atom is -0.490 e. The standard InChI is InChI=1S/C26H29N3O2/c1-17(2)30-25-12-18(16-29-9-7-20(27)8-10-29)11-21-22(25)14-28-15-23(21)26-13-19-5-3-4-6-24(19)31-26/h3-6,11-15,17,20H,7-10,16,27H2,1-2H3. The molecule has 5 nitrogen and oxygen atoms in total. The second-order valence-electron chi connectivity index (χ2n) is 8.80. The van der Waals surface area contributed by atoms with E-state index in [-0.39, 0.29) is 6.10 Å². The third kappa shape index (κ3) is 4.16. The van der Waals surface area contributed by atoms with Gasteiger partial charge in [-0.2, -0.15) is 0 Å². The van der Waals surface area contributed by atoms with E-state index in [4.69, 9.17) is 14.9 Å². The Balaban J connectivity index is 1.60. The molecule has 0 radical (unpaired) electrons. The van der Waals surface area contributed by atoms with E-state index in [1.807, 2.05) is 30.6 Å². The lowest BCUT2D eigenvalue weighted by Gasteiger charge is -2.30. The summed E-state index contributed by atoms with van der Waals surface area (Å²) in [5, 5.41) is 3.21. The van der Waals surface area contributed by atoms with E-state index in [0.29, 0.717) is 6.04 Å². The fraction of sp³-hybridized carbons (Fsp3) is 0.346. The molecule has 1 saturated heterocycles. The number of ether oxygens (including phenoxy) is 1. The number of rotatable bonds is 5. The van der Waals surface area contributed by atoms with Crippen molar-refractivity contribution in [1.29, 1.82) is 0 Å². The third-order valence-electron chi connectivity index (χ3n) is 5.99. The van der Waals surface area contributed by atoms with Crippen LogP contribution in [-0.4, -0.2) is 35.1 Å². The van der Waals surface area contributed by atoms with Gasteiger partial charge in [-0.05, 0) is 75.0 Å². The van der Waals surface area contributed by atoms with Crippen molar-refractivity contribution in [3.05, 3.63) is 60.4 Å². The van der Waals surface area contributed by atoms with Gasteiger partial charge in [-0.25, -0.2) is 0 Å². The van der Waals surface area contributed by atoms with Crippen molar-refractivity contribution < 1.29 is 9.15 Å². The zero-order valence-corrected chi connectivity index (χ0v) is 18.2. The van der Waals surface area contributed by atoms with Gasteiger partial charge in [0, 0.05) is 41.3 Å². The van der Waals surface area contributed by atoms with Crippen LogP contribution in [0.25, 0.3) is 33.1 Å². The minimum atomic E-state index is 0.0845. The summed E-state index contributed by atoms with van der Waals surface area (Å²) in [4.78, 5) is 6.99. The summed E-state index contributed by atoms with van der Waals surface area (Å²) in [5.41, 5.74) is 9.21. The minimum absolute atomic E-state index is 0.0845. The number of fused-ring (bicyclic) bond motifs is 2. The van der Waals surface area contributed by atoms with Crippen molar-refractivity contribution >= 4 is 21.7 Å². The Labute approximate surface area is 182 Å². The summed E-state index contributed by atoms with van der Waals surface area (Å²) in [6.45, 7) is 7.07. The number of nitrogens with two attached hydrogens (primary N) is 1. The molecule has 1 fully saturated rings. The molecule has 2 aromatic heterocycles. The van der Waals surface area contributed by atoms with Gasteiger partial charge in [0.1, 0.15) is 17.1 Å². The quantitative estimate of drug-likeness (QED) is 0.475. The molecular weight excluding hydrogens is 386 g/mol. The Kier molecular flexibility index (Phi) is 5.38. The second-order valence-corrected chi connectivity index (χ2v) is 8.80. The fourth-order valence-corrected chi connectivity index (χ4v) is 4.42. The Morgan fingerprint density at radius 3 is 2.68 bits per heavy atom. The molecule has 3 heterocycles. The number of likely N-dealkylation sites (tertiary alicyclic amines) is 1. The molecule has 31 heavy (non-hydrogen) atoms. The van der Waals surface area contributed by atoms with Crippen molar-refractivity contribution in [2.75, 3.05) is 13.1 Å². The van der Waals surface area contributed by atoms with Crippen LogP contribution in [0.15, 0.2) is 59.3 Å². The van der Waals surface area contributed by atoms with Crippen LogP contribution in [0.5, 0.6) is 5.75 Å². The van der Waals surface area contributed by atoms with Crippen LogP contribution >= 0.6 is 0 Å². The SMILES string of the molecule is CC(C)Oc1cc(CN2CCC(N)CC2)cc2c(-c3cc4ccccc4o3)cncc12. The number of para-hydroxylation sites is 1. The summed E-state index contributed by atoms with van der Waals surface area (Å²) < 4.78 is 12.4. The molecule has 4 aromatic rings. The van der Waals surface area contributed by atoms with Crippen LogP contribution in [0, 0.1) is 0 Å². The lowest BCUT2D eigenvalue weighted by atomic mass is 10.0. The molecule has 160 valence electrons. The maximum atomic E-state index is 6.22. The number of hydrogen-bond acceptors (Lipinski definition) is 5. The third-order valence-corrected chi connectivity index (χ3v) is 5.99. The van der Waals surface area contributed by atoms with Crippen LogP contribution in [-0.2, 0) is 6.54 Å². The van der Waals surface area contributed by atoms with E-state index in [9.17, 15) is 0 Å². The zero-order chi connectivity index (χ0) is 21.4. The first kappa shape index (κ1) is 20.0. The molecule has 0 aliphatic carbocycles. The van der Waals surface area contributed by atoms with Crippen molar-refractivity contribution in [2.45, 2.75) is 45.4 Å². The van der Waals surface area contributed by atoms with E-state index in [2.05, 4.69) is 48.0 Å². The molecule has 5 rings (SSSR count). The second kappa shape index (κ2) is 8.33. The molecule has 5 heteroatoms. The van der Waals surface area contributed by atoms with Gasteiger partial charge in [0.15, 0.2) is 0 Å². The maximum Gasteiger partial charge on any atom is 0.137 e. The van der Waals surface area contributed by atoms with Gasteiger partial charge in [-0.15, -0.1) is 0 Å². The van der Waals surface area contributed by atoms with Gasteiger partial charge in [-0.1, -0.05) is 18.2 Å². The highest BCUT2D eigenvalue weighted by molar-refractivity contribution is 6.00. The Bertz CT molecular complexity index is 1170. The number of pyridine rings is 1. The summed E-state index contributed by atoms with van der Waals surface area (Å²) in [6, 6.07) is 14.9. The molecule has 0 atom stereocenters. The highest BCUT2D eigenvalue weighted by Crippen LogP contribution is 2.37. The van der Waals surface area contributed by atoms with Crippen molar-refractivity contribution in [1.82, 2.24) is 9.88 Å². The number of aromatic nitrogens is 1. The number of piperidine rings is 1. The maximum absolute atomic E-state index is 6.22. The van der Waals surface area contributed by atoms with Crippen molar-refractivity contribution in [3.8, 4) is 17.1 Å². The van der Waals surface area contributed by atoms with Crippen molar-refractivity contribution in [3.63, 3.8) is 0 Å². The Hall–Kier alpha value is -2.89. The van der Waals surface area contributed by atoms with Gasteiger partial charge in [0.25, 0.3) is 0 Å². The Morgan fingerprint density at radius 1 is 1.10 bits per heavy atom. The van der Waals surface area contributed by atoms with Crippen LogP contribution in [0.4, 0.5) is 0 Å². The fourth-order valence-electron chi connectivity index (χ4n) is 4.42. The van der Waals surface area contributed by atoms with Gasteiger partial charge in [0.05, 0.1) is 6.10 Å². The molecular formula is C26H29N3O2. The van der Waals surface area contributed by atoms with E-state index in [1.165, 1.54) is 5.56 Å². The number of hydrogen-bond donors (Lipinski definition) is 1. The molecule has 1 aliphatic heterocycles. The lowest BCUT2D eigenvalue weighted by molar-refractivity contribution is 0.205. The average Bonchev–Trinajstić information content (AvgIpc) is 3.19. The molecule has 1 aliphatic rings. The molecule has 2 aromatic carbocycles. The Morgan fingerprint density at radius 2 is 1.90 bits per heavy atom. The van der Waals surface area contributed by atoms with Crippen LogP contribution in [0.1, 0.15) is 32.3 Å². The van der Waals surface area contributed by atoms with Gasteiger partial charge in [-0.3, -0.25) is 9.88 Å². The molecule has 2 N–H and O–H groups in total. The highest BCUT2D eigenvalue weighted by Gasteiger charge is 2.19. The molecule has 0 saturated carbocycles. The highest BCUT2D eigenvalue weighted by atomic mass is 16.5. The zero-order valence-electron chi connectivity index (χ0n) is 18.2. The summed E-state index contributed by atoms with van der Waals surface area (Å²) in [5.74, 6) is 1.71. The predicted octanol–water partition coefficient (Wildman–Crippen LogP) is 5.36. The summed E-state index contributed by atoms with van der Waals surface area (Å²) in [6.07, 6.45) is 5.97. The monoisotopic (exact) mass is 415 g/mol. The normalized spacial score (nSPS) is 15.9. The van der Waals surface area contributed by atoms with Crippen molar-refractivity contribution in [2.24, 2.45) is 5.73 Å². The summed E-state index contributed by atoms with van der Waals surface area (Å²) in [7, 11) is 0. The van der Waals surface area contributed by atoms with E-state index >= 15 is 0 Å². The largest absolute Gasteiger partial charge is 0.490 e. The van der Waals surface area contributed by atoms with Gasteiger partial charge < -0.3 is 14.9 Å². The number of furan rings is 1. The number of nitrogens with zero attached hydrogens (tertiary/aromatic N) is 2. The van der Waals surface area contributed by atoms with E-state index in [1.54, 1.807) is 0 Å². The van der Waals surface area contributed by atoms with Gasteiger partial charge >= 0.3 is 0 Å². The molecule has 0 unspecified atom stereocenters. The topological polar surface area (TPSA) is 64.5 Å². The van der Waals surface area contributed by atoms with Crippen LogP contribution in [0.3, 0.4) is 0 Å². The molecule has 0 amide bonds. The van der Waals surface area contributed by atoms with Crippen LogP contribution < -0.4 is 10.5 Å². The van der Waals surface area contributed by atoms with Crippen LogP contribution in [0.2, 0.25) is 0 Å². The first-order valence-electron chi connectivity index (χ1n) is 11.1. The van der Waals surface area contributed by atoms with Gasteiger partial charge in [0.2, 0.25) is 0 Å². The molecule has 0 spiro atoms. The van der Waals surface area contributed by atoms with E-state index < -0.39 is 0 Å².